The van der Waals surface area contributed by atoms with Crippen molar-refractivity contribution in [3.05, 3.63) is 119 Å². The molecule has 2 heteroatoms. The molecule has 8 rings (SSSR count). The Morgan fingerprint density at radius 3 is 2.56 bits per heavy atom. The van der Waals surface area contributed by atoms with Crippen molar-refractivity contribution in [2.45, 2.75) is 33.1 Å². The number of fused-ring (bicyclic) bond motifs is 7. The summed E-state index contributed by atoms with van der Waals surface area (Å²) in [5.74, 6) is 7.94. The Morgan fingerprint density at radius 1 is 0.860 bits per heavy atom. The van der Waals surface area contributed by atoms with Crippen LogP contribution in [0, 0.1) is 18.8 Å². The summed E-state index contributed by atoms with van der Waals surface area (Å²) in [6.07, 6.45) is 15.7. The minimum absolute atomic E-state index is 0.265. The van der Waals surface area contributed by atoms with Crippen LogP contribution in [-0.4, -0.2) is 5.11 Å². The third kappa shape index (κ3) is 3.82. The van der Waals surface area contributed by atoms with Crippen LogP contribution < -0.4 is 0 Å². The van der Waals surface area contributed by atoms with Crippen molar-refractivity contribution in [3.63, 3.8) is 0 Å². The van der Waals surface area contributed by atoms with Crippen molar-refractivity contribution in [1.29, 1.82) is 0 Å². The second kappa shape index (κ2) is 9.93. The van der Waals surface area contributed by atoms with Crippen molar-refractivity contribution in [3.8, 4) is 39.8 Å². The van der Waals surface area contributed by atoms with Gasteiger partial charge in [-0.15, -0.1) is 0 Å². The number of hydrogen-bond acceptors (Lipinski definition) is 2. The predicted octanol–water partition coefficient (Wildman–Crippen LogP) is 10.8. The van der Waals surface area contributed by atoms with Crippen LogP contribution in [0.2, 0.25) is 0 Å². The zero-order chi connectivity index (χ0) is 29.1. The van der Waals surface area contributed by atoms with E-state index in [1.807, 2.05) is 6.07 Å². The Hall–Kier alpha value is -5.26. The number of hydrogen-bond donors (Lipinski definition) is 1. The van der Waals surface area contributed by atoms with E-state index in [0.717, 1.165) is 51.6 Å². The topological polar surface area (TPSA) is 33.4 Å². The molecule has 2 aliphatic rings. The smallest absolute Gasteiger partial charge is 0.135 e. The Morgan fingerprint density at radius 2 is 1.70 bits per heavy atom. The minimum atomic E-state index is 0.265. The lowest BCUT2D eigenvalue weighted by Gasteiger charge is -2.23. The molecule has 0 saturated carbocycles. The van der Waals surface area contributed by atoms with E-state index in [2.05, 4.69) is 117 Å². The third-order valence-electron chi connectivity index (χ3n) is 8.96. The molecule has 0 atom stereocenters. The molecule has 0 spiro atoms. The summed E-state index contributed by atoms with van der Waals surface area (Å²) in [7, 11) is 0. The molecule has 1 N–H and O–H groups in total. The van der Waals surface area contributed by atoms with E-state index >= 15 is 0 Å². The van der Waals surface area contributed by atoms with Gasteiger partial charge in [0.1, 0.15) is 17.1 Å². The van der Waals surface area contributed by atoms with Gasteiger partial charge in [-0.25, -0.2) is 0 Å². The van der Waals surface area contributed by atoms with Gasteiger partial charge in [0.2, 0.25) is 0 Å². The number of rotatable bonds is 3. The molecule has 43 heavy (non-hydrogen) atoms. The summed E-state index contributed by atoms with van der Waals surface area (Å²) in [5, 5.41) is 16.4. The zero-order valence-corrected chi connectivity index (χ0v) is 24.3. The molecule has 0 aliphatic heterocycles. The number of phenols is 1. The van der Waals surface area contributed by atoms with E-state index in [1.54, 1.807) is 6.07 Å². The van der Waals surface area contributed by atoms with Crippen LogP contribution in [0.4, 0.5) is 0 Å². The maximum Gasteiger partial charge on any atom is 0.135 e. The first-order valence-electron chi connectivity index (χ1n) is 15.0. The molecule has 0 amide bonds. The van der Waals surface area contributed by atoms with E-state index < -0.39 is 0 Å². The lowest BCUT2D eigenvalue weighted by atomic mass is 9.80. The Labute approximate surface area is 251 Å². The molecular formula is C41H30O2. The fourth-order valence-corrected chi connectivity index (χ4v) is 7.18. The largest absolute Gasteiger partial charge is 0.507 e. The highest BCUT2D eigenvalue weighted by molar-refractivity contribution is 6.15. The van der Waals surface area contributed by atoms with Gasteiger partial charge in [0.25, 0.3) is 0 Å². The fraction of sp³-hybridized carbons (Fsp3) is 0.122. The van der Waals surface area contributed by atoms with E-state index in [9.17, 15) is 5.11 Å². The van der Waals surface area contributed by atoms with Crippen molar-refractivity contribution < 1.29 is 9.52 Å². The summed E-state index contributed by atoms with van der Waals surface area (Å²) < 4.78 is 6.36. The lowest BCUT2D eigenvalue weighted by molar-refractivity contribution is 0.481. The Balaban J connectivity index is 1.53. The highest BCUT2D eigenvalue weighted by Gasteiger charge is 2.25. The van der Waals surface area contributed by atoms with Crippen molar-refractivity contribution in [2.75, 3.05) is 0 Å². The molecule has 1 heterocycles. The average Bonchev–Trinajstić information content (AvgIpc) is 3.23. The standard InChI is InChI=1S/C41H30O2/c1-3-13-27-25(2)38(33-20-12-23-37-41(33)32-19-9-10-22-36(32)43-37)30-17-7-8-18-31(30)40(27)34-24-26-14-11-21-35(42)39(26)29-16-6-4-5-15-28(29)34/h3,5,7-8,10-15,17-18,20-24,42H,4,9,19H2,1-2H3/b13-3-. The van der Waals surface area contributed by atoms with Crippen LogP contribution in [0.15, 0.2) is 89.4 Å². The van der Waals surface area contributed by atoms with Crippen LogP contribution in [0.25, 0.3) is 73.0 Å². The molecule has 206 valence electrons. The van der Waals surface area contributed by atoms with E-state index in [4.69, 9.17) is 4.42 Å². The average molecular weight is 555 g/mol. The van der Waals surface area contributed by atoms with Gasteiger partial charge in [0.15, 0.2) is 0 Å². The fourth-order valence-electron chi connectivity index (χ4n) is 7.18. The molecule has 0 bridgehead atoms. The van der Waals surface area contributed by atoms with Gasteiger partial charge in [-0.3, -0.25) is 0 Å². The first kappa shape index (κ1) is 25.5. The van der Waals surface area contributed by atoms with Gasteiger partial charge in [-0.2, -0.15) is 0 Å². The lowest BCUT2D eigenvalue weighted by Crippen LogP contribution is -2.00. The van der Waals surface area contributed by atoms with Crippen LogP contribution in [-0.2, 0) is 6.42 Å². The number of phenolic OH excluding ortho intramolecular Hbond substituents is 1. The summed E-state index contributed by atoms with van der Waals surface area (Å²) in [4.78, 5) is 0. The van der Waals surface area contributed by atoms with Gasteiger partial charge in [0.05, 0.1) is 0 Å². The summed E-state index contributed by atoms with van der Waals surface area (Å²) in [6, 6.07) is 23.2. The third-order valence-corrected chi connectivity index (χ3v) is 8.96. The van der Waals surface area contributed by atoms with Gasteiger partial charge in [-0.1, -0.05) is 90.8 Å². The molecular weight excluding hydrogens is 524 g/mol. The number of aryl methyl sites for hydroxylation is 1. The number of furan rings is 1. The zero-order valence-electron chi connectivity index (χ0n) is 24.3. The maximum atomic E-state index is 10.9. The highest BCUT2D eigenvalue weighted by atomic mass is 16.3. The molecule has 0 unspecified atom stereocenters. The van der Waals surface area contributed by atoms with E-state index in [-0.39, 0.29) is 5.75 Å². The van der Waals surface area contributed by atoms with Gasteiger partial charge in [-0.05, 0) is 106 Å². The van der Waals surface area contributed by atoms with Crippen LogP contribution in [0.5, 0.6) is 5.75 Å². The van der Waals surface area contributed by atoms with Crippen LogP contribution in [0.1, 0.15) is 53.3 Å². The predicted molar refractivity (Wildman–Crippen MR) is 181 cm³/mol. The van der Waals surface area contributed by atoms with Crippen LogP contribution in [0.3, 0.4) is 0 Å². The Bertz CT molecular complexity index is 2290. The van der Waals surface area contributed by atoms with E-state index in [0.29, 0.717) is 6.42 Å². The first-order valence-corrected chi connectivity index (χ1v) is 15.0. The molecule has 1 aromatic heterocycles. The second-order valence-corrected chi connectivity index (χ2v) is 11.4. The van der Waals surface area contributed by atoms with E-state index in [1.165, 1.54) is 49.5 Å². The quantitative estimate of drug-likeness (QED) is 0.221. The number of aromatic hydroxyl groups is 1. The molecule has 2 aliphatic carbocycles. The van der Waals surface area contributed by atoms with Crippen molar-refractivity contribution in [1.82, 2.24) is 0 Å². The molecule has 6 aromatic rings. The maximum absolute atomic E-state index is 10.9. The molecule has 2 nitrogen and oxygen atoms in total. The Kier molecular flexibility index (Phi) is 5.88. The number of benzene rings is 5. The van der Waals surface area contributed by atoms with Gasteiger partial charge >= 0.3 is 0 Å². The monoisotopic (exact) mass is 554 g/mol. The molecule has 0 fully saturated rings. The van der Waals surface area contributed by atoms with Gasteiger partial charge in [0, 0.05) is 28.3 Å². The summed E-state index contributed by atoms with van der Waals surface area (Å²) >= 11 is 0. The van der Waals surface area contributed by atoms with Gasteiger partial charge < -0.3 is 9.52 Å². The normalized spacial score (nSPS) is 13.8. The molecule has 0 radical (unpaired) electrons. The van der Waals surface area contributed by atoms with Crippen molar-refractivity contribution in [2.24, 2.45) is 0 Å². The molecule has 0 saturated heterocycles. The number of allylic oxidation sites excluding steroid dienone is 3. The first-order chi connectivity index (χ1) is 21.2. The summed E-state index contributed by atoms with van der Waals surface area (Å²) in [5.41, 5.74) is 11.4. The summed E-state index contributed by atoms with van der Waals surface area (Å²) in [6.45, 7) is 4.34. The SMILES string of the molecule is C/C=C\c1c(C)c(-c2cccc3oc4c(c23)CCC=C4)c2ccccc2c1-c1cc2cccc(O)c2c2c1C=CCC#C2. The minimum Gasteiger partial charge on any atom is -0.507 e. The second-order valence-electron chi connectivity index (χ2n) is 11.4. The van der Waals surface area contributed by atoms with Crippen molar-refractivity contribution >= 4 is 50.7 Å². The highest BCUT2D eigenvalue weighted by Crippen LogP contribution is 2.48. The molecule has 5 aromatic carbocycles. The van der Waals surface area contributed by atoms with Crippen LogP contribution >= 0.6 is 0 Å².